The number of pyridine rings is 1. The Bertz CT molecular complexity index is 1130. The highest BCUT2D eigenvalue weighted by molar-refractivity contribution is 7.92. The fourth-order valence-corrected chi connectivity index (χ4v) is 4.07. The lowest BCUT2D eigenvalue weighted by Crippen LogP contribution is -2.39. The summed E-state index contributed by atoms with van der Waals surface area (Å²) in [6.45, 7) is 3.36. The third kappa shape index (κ3) is 5.30. The minimum Gasteiger partial charge on any atom is -0.271 e. The van der Waals surface area contributed by atoms with E-state index in [0.29, 0.717) is 11.4 Å². The second-order valence-corrected chi connectivity index (χ2v) is 8.57. The first-order valence-corrected chi connectivity index (χ1v) is 10.7. The Hall–Kier alpha value is -3.52. The van der Waals surface area contributed by atoms with E-state index in [2.05, 4.69) is 15.5 Å². The number of benzene rings is 2. The van der Waals surface area contributed by atoms with E-state index in [1.54, 1.807) is 60.8 Å². The number of hydrazone groups is 1. The van der Waals surface area contributed by atoms with Crippen molar-refractivity contribution in [1.29, 1.82) is 0 Å². The van der Waals surface area contributed by atoms with E-state index in [-0.39, 0.29) is 4.90 Å². The Labute approximate surface area is 176 Å². The van der Waals surface area contributed by atoms with Gasteiger partial charge in [0.2, 0.25) is 0 Å². The molecule has 1 aromatic heterocycles. The molecular formula is C22H22N4O3S. The number of aryl methyl sites for hydroxylation is 2. The number of nitrogens with one attached hydrogen (secondary N) is 1. The summed E-state index contributed by atoms with van der Waals surface area (Å²) >= 11 is 0. The van der Waals surface area contributed by atoms with E-state index in [1.807, 2.05) is 13.8 Å². The van der Waals surface area contributed by atoms with Gasteiger partial charge in [-0.15, -0.1) is 0 Å². The molecule has 0 radical (unpaired) electrons. The third-order valence-electron chi connectivity index (χ3n) is 4.29. The fourth-order valence-electron chi connectivity index (χ4n) is 2.65. The highest BCUT2D eigenvalue weighted by Gasteiger charge is 2.27. The number of carbonyl (C=O) groups excluding carboxylic acids is 1. The molecule has 0 atom stereocenters. The van der Waals surface area contributed by atoms with Crippen LogP contribution in [0.4, 0.5) is 5.69 Å². The normalized spacial score (nSPS) is 11.4. The van der Waals surface area contributed by atoms with E-state index in [1.165, 1.54) is 18.3 Å². The molecule has 1 N–H and O–H groups in total. The van der Waals surface area contributed by atoms with Crippen molar-refractivity contribution >= 4 is 27.8 Å². The van der Waals surface area contributed by atoms with Crippen LogP contribution in [-0.2, 0) is 14.8 Å². The zero-order chi connectivity index (χ0) is 21.6. The van der Waals surface area contributed by atoms with Crippen LogP contribution in [0, 0.1) is 13.8 Å². The number of aromatic nitrogens is 1. The molecule has 0 unspecified atom stereocenters. The highest BCUT2D eigenvalue weighted by atomic mass is 32.2. The van der Waals surface area contributed by atoms with Gasteiger partial charge in [-0.05, 0) is 50.2 Å². The molecule has 8 heteroatoms. The Morgan fingerprint density at radius 2 is 1.63 bits per heavy atom. The summed E-state index contributed by atoms with van der Waals surface area (Å²) < 4.78 is 27.6. The summed E-state index contributed by atoms with van der Waals surface area (Å²) in [4.78, 5) is 16.6. The van der Waals surface area contributed by atoms with Crippen molar-refractivity contribution in [3.05, 3.63) is 89.7 Å². The van der Waals surface area contributed by atoms with Gasteiger partial charge in [0.15, 0.2) is 0 Å². The molecule has 3 rings (SSSR count). The molecule has 0 saturated carbocycles. The Morgan fingerprint density at radius 1 is 1.00 bits per heavy atom. The number of amides is 1. The van der Waals surface area contributed by atoms with Crippen LogP contribution in [0.1, 0.15) is 16.8 Å². The van der Waals surface area contributed by atoms with Crippen molar-refractivity contribution < 1.29 is 13.2 Å². The fraction of sp³-hybridized carbons (Fsp3) is 0.136. The van der Waals surface area contributed by atoms with Crippen LogP contribution in [0.15, 0.2) is 82.9 Å². The van der Waals surface area contributed by atoms with Crippen LogP contribution in [0.5, 0.6) is 0 Å². The van der Waals surface area contributed by atoms with Crippen LogP contribution in [0.25, 0.3) is 0 Å². The maximum absolute atomic E-state index is 13.3. The molecule has 1 amide bonds. The molecule has 0 saturated heterocycles. The largest absolute Gasteiger partial charge is 0.271 e. The van der Waals surface area contributed by atoms with Gasteiger partial charge in [-0.25, -0.2) is 13.8 Å². The highest BCUT2D eigenvalue weighted by Crippen LogP contribution is 2.24. The lowest BCUT2D eigenvalue weighted by molar-refractivity contribution is -0.119. The van der Waals surface area contributed by atoms with Crippen LogP contribution >= 0.6 is 0 Å². The number of nitrogens with zero attached hydrogens (tertiary/aromatic N) is 3. The van der Waals surface area contributed by atoms with Crippen molar-refractivity contribution in [2.45, 2.75) is 18.7 Å². The first kappa shape index (κ1) is 21.2. The van der Waals surface area contributed by atoms with Gasteiger partial charge in [-0.1, -0.05) is 41.5 Å². The van der Waals surface area contributed by atoms with Gasteiger partial charge < -0.3 is 0 Å². The van der Waals surface area contributed by atoms with Gasteiger partial charge in [0.25, 0.3) is 15.9 Å². The van der Waals surface area contributed by atoms with Crippen molar-refractivity contribution in [2.24, 2.45) is 5.10 Å². The van der Waals surface area contributed by atoms with Gasteiger partial charge in [-0.2, -0.15) is 5.10 Å². The summed E-state index contributed by atoms with van der Waals surface area (Å²) in [6, 6.07) is 18.7. The summed E-state index contributed by atoms with van der Waals surface area (Å²) in [5.41, 5.74) is 5.25. The average molecular weight is 423 g/mol. The predicted molar refractivity (Wildman–Crippen MR) is 117 cm³/mol. The quantitative estimate of drug-likeness (QED) is 0.468. The monoisotopic (exact) mass is 422 g/mol. The molecule has 2 aromatic carbocycles. The molecule has 0 spiro atoms. The standard InChI is InChI=1S/C22H22N4O3S/c1-17-6-10-20(11-7-17)26(30(28,29)21-12-8-18(2)9-13-21)16-22(27)25-24-15-19-5-3-4-14-23-19/h3-15H,16H2,1-2H3,(H,25,27)/b24-15-. The molecule has 0 bridgehead atoms. The van der Waals surface area contributed by atoms with Crippen LogP contribution < -0.4 is 9.73 Å². The van der Waals surface area contributed by atoms with Crippen molar-refractivity contribution in [3.63, 3.8) is 0 Å². The predicted octanol–water partition coefficient (Wildman–Crippen LogP) is 3.04. The summed E-state index contributed by atoms with van der Waals surface area (Å²) in [5.74, 6) is -0.571. The van der Waals surface area contributed by atoms with Gasteiger partial charge in [0.05, 0.1) is 22.5 Å². The summed E-state index contributed by atoms with van der Waals surface area (Å²) in [5, 5.41) is 3.86. The number of sulfonamides is 1. The lowest BCUT2D eigenvalue weighted by Gasteiger charge is -2.24. The maximum Gasteiger partial charge on any atom is 0.264 e. The number of rotatable bonds is 7. The Balaban J connectivity index is 1.84. The molecule has 0 aliphatic rings. The molecule has 7 nitrogen and oxygen atoms in total. The minimum atomic E-state index is -3.95. The van der Waals surface area contributed by atoms with E-state index >= 15 is 0 Å². The number of hydrogen-bond donors (Lipinski definition) is 1. The number of anilines is 1. The smallest absolute Gasteiger partial charge is 0.264 e. The molecule has 0 aliphatic carbocycles. The number of hydrogen-bond acceptors (Lipinski definition) is 5. The summed E-state index contributed by atoms with van der Waals surface area (Å²) in [7, 11) is -3.95. The number of carbonyl (C=O) groups is 1. The van der Waals surface area contributed by atoms with Crippen molar-refractivity contribution in [2.75, 3.05) is 10.8 Å². The maximum atomic E-state index is 13.3. The molecule has 0 aliphatic heterocycles. The van der Waals surface area contributed by atoms with E-state index in [9.17, 15) is 13.2 Å². The SMILES string of the molecule is Cc1ccc(N(CC(=O)N/N=C\c2ccccn2)S(=O)(=O)c2ccc(C)cc2)cc1. The summed E-state index contributed by atoms with van der Waals surface area (Å²) in [6.07, 6.45) is 3.00. The second kappa shape index (κ2) is 9.32. The van der Waals surface area contributed by atoms with Gasteiger partial charge >= 0.3 is 0 Å². The van der Waals surface area contributed by atoms with Crippen LogP contribution in [0.3, 0.4) is 0 Å². The molecule has 1 heterocycles. The van der Waals surface area contributed by atoms with Crippen molar-refractivity contribution in [3.8, 4) is 0 Å². The first-order valence-electron chi connectivity index (χ1n) is 9.25. The van der Waals surface area contributed by atoms with Crippen LogP contribution in [-0.4, -0.2) is 32.1 Å². The first-order chi connectivity index (χ1) is 14.4. The molecule has 154 valence electrons. The Morgan fingerprint density at radius 3 is 2.23 bits per heavy atom. The van der Waals surface area contributed by atoms with Gasteiger partial charge in [-0.3, -0.25) is 14.1 Å². The third-order valence-corrected chi connectivity index (χ3v) is 6.08. The van der Waals surface area contributed by atoms with Gasteiger partial charge in [0.1, 0.15) is 6.54 Å². The van der Waals surface area contributed by atoms with Crippen molar-refractivity contribution in [1.82, 2.24) is 10.4 Å². The second-order valence-electron chi connectivity index (χ2n) is 6.71. The topological polar surface area (TPSA) is 91.7 Å². The van der Waals surface area contributed by atoms with E-state index in [0.717, 1.165) is 15.4 Å². The Kier molecular flexibility index (Phi) is 6.58. The van der Waals surface area contributed by atoms with E-state index < -0.39 is 22.5 Å². The zero-order valence-corrected chi connectivity index (χ0v) is 17.5. The van der Waals surface area contributed by atoms with Crippen LogP contribution in [0.2, 0.25) is 0 Å². The molecule has 0 fully saturated rings. The van der Waals surface area contributed by atoms with Gasteiger partial charge in [0, 0.05) is 6.20 Å². The lowest BCUT2D eigenvalue weighted by atomic mass is 10.2. The molecule has 3 aromatic rings. The average Bonchev–Trinajstić information content (AvgIpc) is 2.74. The minimum absolute atomic E-state index is 0.110. The van der Waals surface area contributed by atoms with E-state index in [4.69, 9.17) is 0 Å². The zero-order valence-electron chi connectivity index (χ0n) is 16.7. The molecule has 30 heavy (non-hydrogen) atoms. The molecular weight excluding hydrogens is 400 g/mol.